The predicted molar refractivity (Wildman–Crippen MR) is 79.9 cm³/mol. The lowest BCUT2D eigenvalue weighted by Crippen LogP contribution is -2.15. The average Bonchev–Trinajstić information content (AvgIpc) is 3.32. The van der Waals surface area contributed by atoms with Crippen LogP contribution in [0.1, 0.15) is 44.3 Å². The van der Waals surface area contributed by atoms with Crippen LogP contribution in [-0.4, -0.2) is 26.1 Å². The van der Waals surface area contributed by atoms with Crippen molar-refractivity contribution >= 4 is 23.6 Å². The molecule has 0 spiro atoms. The number of aromatic amines is 1. The Morgan fingerprint density at radius 2 is 2.15 bits per heavy atom. The second kappa shape index (κ2) is 5.20. The second-order valence-electron chi connectivity index (χ2n) is 5.73. The molecule has 2 aromatic heterocycles. The van der Waals surface area contributed by atoms with Crippen LogP contribution in [0.25, 0.3) is 11.2 Å². The lowest BCUT2D eigenvalue weighted by atomic mass is 10.4. The zero-order valence-electron chi connectivity index (χ0n) is 11.7. The highest BCUT2D eigenvalue weighted by atomic mass is 35.5. The van der Waals surface area contributed by atoms with Gasteiger partial charge in [0.15, 0.2) is 11.1 Å². The Bertz CT molecular complexity index is 678. The molecule has 0 radical (unpaired) electrons. The molecule has 4 rings (SSSR count). The molecule has 6 heteroatoms. The normalized spacial score (nSPS) is 19.4. The predicted octanol–water partition coefficient (Wildman–Crippen LogP) is 2.39. The van der Waals surface area contributed by atoms with Crippen molar-refractivity contribution in [3.8, 4) is 0 Å². The van der Waals surface area contributed by atoms with E-state index in [9.17, 15) is 0 Å². The van der Waals surface area contributed by atoms with Gasteiger partial charge in [0.2, 0.25) is 0 Å². The number of nitrogens with one attached hydrogen (secondary N) is 1. The number of hydrogen-bond donors (Lipinski definition) is 1. The smallest absolute Gasteiger partial charge is 0.176 e. The molecule has 2 heterocycles. The van der Waals surface area contributed by atoms with E-state index < -0.39 is 0 Å². The first-order chi connectivity index (χ1) is 9.35. The van der Waals surface area contributed by atoms with Crippen LogP contribution in [0.3, 0.4) is 0 Å². The molecule has 2 aliphatic carbocycles. The highest BCUT2D eigenvalue weighted by Gasteiger charge is 2.28. The molecule has 0 amide bonds. The van der Waals surface area contributed by atoms with E-state index in [-0.39, 0.29) is 12.4 Å². The van der Waals surface area contributed by atoms with Gasteiger partial charge < -0.3 is 9.55 Å². The van der Waals surface area contributed by atoms with E-state index >= 15 is 0 Å². The van der Waals surface area contributed by atoms with Crippen LogP contribution in [-0.2, 0) is 6.54 Å². The minimum absolute atomic E-state index is 0. The quantitative estimate of drug-likeness (QED) is 0.941. The van der Waals surface area contributed by atoms with E-state index in [1.54, 1.807) is 0 Å². The van der Waals surface area contributed by atoms with Gasteiger partial charge in [0.05, 0.1) is 6.33 Å². The molecule has 108 valence electrons. The fraction of sp³-hybridized carbons (Fsp3) is 0.643. The molecule has 0 bridgehead atoms. The molecule has 5 nitrogen and oxygen atoms in total. The lowest BCUT2D eigenvalue weighted by molar-refractivity contribution is 0.626. The SMILES string of the molecule is CCN=c1ncn(CC2CC2)c2nc(C3CC3)[nH]c12.Cl. The van der Waals surface area contributed by atoms with Crippen molar-refractivity contribution in [2.24, 2.45) is 10.9 Å². The van der Waals surface area contributed by atoms with Crippen LogP contribution in [0.2, 0.25) is 0 Å². The standard InChI is InChI=1S/C14H19N5.ClH/c1-2-15-13-11-14(18-12(17-11)10-5-6-10)19(8-16-13)7-9-3-4-9;/h8-10H,2-7H2,1H3,(H,17,18);1H. The Morgan fingerprint density at radius 3 is 2.80 bits per heavy atom. The van der Waals surface area contributed by atoms with Crippen LogP contribution in [0.5, 0.6) is 0 Å². The van der Waals surface area contributed by atoms with Crippen LogP contribution in [0.4, 0.5) is 0 Å². The van der Waals surface area contributed by atoms with Gasteiger partial charge in [0.25, 0.3) is 0 Å². The third-order valence-electron chi connectivity index (χ3n) is 3.94. The number of halogens is 1. The van der Waals surface area contributed by atoms with E-state index in [1.807, 2.05) is 13.3 Å². The summed E-state index contributed by atoms with van der Waals surface area (Å²) in [4.78, 5) is 17.2. The topological polar surface area (TPSA) is 58.9 Å². The summed E-state index contributed by atoms with van der Waals surface area (Å²) < 4.78 is 2.20. The maximum Gasteiger partial charge on any atom is 0.176 e. The summed E-state index contributed by atoms with van der Waals surface area (Å²) in [6.07, 6.45) is 7.11. The maximum absolute atomic E-state index is 4.81. The van der Waals surface area contributed by atoms with E-state index in [4.69, 9.17) is 4.98 Å². The molecule has 0 unspecified atom stereocenters. The molecule has 2 aromatic rings. The Morgan fingerprint density at radius 1 is 1.35 bits per heavy atom. The first-order valence-corrected chi connectivity index (χ1v) is 7.30. The van der Waals surface area contributed by atoms with E-state index in [1.165, 1.54) is 25.7 Å². The highest BCUT2D eigenvalue weighted by molar-refractivity contribution is 5.85. The third kappa shape index (κ3) is 2.46. The third-order valence-corrected chi connectivity index (χ3v) is 3.94. The number of nitrogens with zero attached hydrogens (tertiary/aromatic N) is 4. The first-order valence-electron chi connectivity index (χ1n) is 7.30. The van der Waals surface area contributed by atoms with Crippen molar-refractivity contribution in [3.05, 3.63) is 17.6 Å². The molecule has 0 aromatic carbocycles. The van der Waals surface area contributed by atoms with Gasteiger partial charge >= 0.3 is 0 Å². The molecular formula is C14H20ClN5. The van der Waals surface area contributed by atoms with Gasteiger partial charge in [-0.15, -0.1) is 12.4 Å². The molecular weight excluding hydrogens is 274 g/mol. The van der Waals surface area contributed by atoms with E-state index in [2.05, 4.69) is 19.5 Å². The lowest BCUT2D eigenvalue weighted by Gasteiger charge is -2.05. The summed E-state index contributed by atoms with van der Waals surface area (Å²) in [6.45, 7) is 3.84. The van der Waals surface area contributed by atoms with Crippen LogP contribution in [0.15, 0.2) is 11.3 Å². The Kier molecular flexibility index (Phi) is 3.54. The maximum atomic E-state index is 4.81. The summed E-state index contributed by atoms with van der Waals surface area (Å²) in [5, 5.41) is 0. The molecule has 2 aliphatic rings. The van der Waals surface area contributed by atoms with Gasteiger partial charge in [-0.3, -0.25) is 4.99 Å². The second-order valence-corrected chi connectivity index (χ2v) is 5.73. The number of aromatic nitrogens is 4. The van der Waals surface area contributed by atoms with E-state index in [0.29, 0.717) is 5.92 Å². The summed E-state index contributed by atoms with van der Waals surface area (Å²) in [5.41, 5.74) is 2.87. The minimum atomic E-state index is 0. The molecule has 2 saturated carbocycles. The zero-order chi connectivity index (χ0) is 12.8. The Hall–Kier alpha value is -1.36. The molecule has 0 saturated heterocycles. The monoisotopic (exact) mass is 293 g/mol. The van der Waals surface area contributed by atoms with Crippen molar-refractivity contribution < 1.29 is 0 Å². The summed E-state index contributed by atoms with van der Waals surface area (Å²) in [6, 6.07) is 0. The largest absolute Gasteiger partial charge is 0.337 e. The summed E-state index contributed by atoms with van der Waals surface area (Å²) in [5.74, 6) is 2.58. The van der Waals surface area contributed by atoms with Crippen molar-refractivity contribution in [2.45, 2.75) is 45.1 Å². The first kappa shape index (κ1) is 13.6. The number of H-pyrrole nitrogens is 1. The van der Waals surface area contributed by atoms with Crippen LogP contribution in [0, 0.1) is 5.92 Å². The van der Waals surface area contributed by atoms with E-state index in [0.717, 1.165) is 41.5 Å². The fourth-order valence-corrected chi connectivity index (χ4v) is 2.52. The Labute approximate surface area is 124 Å². The van der Waals surface area contributed by atoms with Gasteiger partial charge in [-0.25, -0.2) is 9.97 Å². The molecule has 2 fully saturated rings. The summed E-state index contributed by atoms with van der Waals surface area (Å²) >= 11 is 0. The molecule has 1 N–H and O–H groups in total. The van der Waals surface area contributed by atoms with Gasteiger partial charge in [0, 0.05) is 19.0 Å². The van der Waals surface area contributed by atoms with Gasteiger partial charge in [-0.2, -0.15) is 0 Å². The van der Waals surface area contributed by atoms with Crippen molar-refractivity contribution in [3.63, 3.8) is 0 Å². The Balaban J connectivity index is 0.00000121. The molecule has 20 heavy (non-hydrogen) atoms. The number of hydrogen-bond acceptors (Lipinski definition) is 3. The average molecular weight is 294 g/mol. The summed E-state index contributed by atoms with van der Waals surface area (Å²) in [7, 11) is 0. The van der Waals surface area contributed by atoms with Crippen LogP contribution < -0.4 is 5.49 Å². The van der Waals surface area contributed by atoms with Gasteiger partial charge in [0.1, 0.15) is 11.3 Å². The number of fused-ring (bicyclic) bond motifs is 1. The molecule has 0 atom stereocenters. The van der Waals surface area contributed by atoms with Gasteiger partial charge in [-0.05, 0) is 38.5 Å². The number of imidazole rings is 1. The van der Waals surface area contributed by atoms with Crippen LogP contribution >= 0.6 is 12.4 Å². The fourth-order valence-electron chi connectivity index (χ4n) is 2.52. The minimum Gasteiger partial charge on any atom is -0.337 e. The van der Waals surface area contributed by atoms with Crippen molar-refractivity contribution in [1.29, 1.82) is 0 Å². The van der Waals surface area contributed by atoms with Crippen molar-refractivity contribution in [2.75, 3.05) is 6.54 Å². The van der Waals surface area contributed by atoms with Gasteiger partial charge in [-0.1, -0.05) is 0 Å². The zero-order valence-corrected chi connectivity index (χ0v) is 12.5. The number of rotatable bonds is 4. The van der Waals surface area contributed by atoms with Crippen molar-refractivity contribution in [1.82, 2.24) is 19.5 Å². The highest BCUT2D eigenvalue weighted by Crippen LogP contribution is 2.39. The molecule has 0 aliphatic heterocycles.